The first-order valence-electron chi connectivity index (χ1n) is 5.97. The Hall–Kier alpha value is -0.410. The van der Waals surface area contributed by atoms with Crippen LogP contribution < -0.4 is 0 Å². The molecule has 1 saturated carbocycles. The quantitative estimate of drug-likeness (QED) is 0.746. The van der Waals surface area contributed by atoms with E-state index in [1.165, 1.54) is 0 Å². The highest BCUT2D eigenvalue weighted by atomic mass is 16.3. The van der Waals surface area contributed by atoms with E-state index in [-0.39, 0.29) is 17.6 Å². The lowest BCUT2D eigenvalue weighted by Crippen LogP contribution is -2.47. The van der Waals surface area contributed by atoms with Crippen molar-refractivity contribution in [3.8, 4) is 0 Å². The van der Waals surface area contributed by atoms with Crippen molar-refractivity contribution in [2.75, 3.05) is 13.1 Å². The Bertz CT molecular complexity index is 262. The topological polar surface area (TPSA) is 40.5 Å². The minimum atomic E-state index is -0.242. The third-order valence-electron chi connectivity index (χ3n) is 4.17. The maximum Gasteiger partial charge on any atom is 0.137 e. The van der Waals surface area contributed by atoms with E-state index >= 15 is 0 Å². The number of aliphatic hydroxyl groups excluding tert-OH is 1. The maximum absolute atomic E-state index is 11.6. The monoisotopic (exact) mass is 211 g/mol. The molecular weight excluding hydrogens is 190 g/mol. The minimum absolute atomic E-state index is 0.150. The van der Waals surface area contributed by atoms with Gasteiger partial charge in [0.25, 0.3) is 0 Å². The molecule has 15 heavy (non-hydrogen) atoms. The van der Waals surface area contributed by atoms with Crippen LogP contribution in [0, 0.1) is 5.92 Å². The van der Waals surface area contributed by atoms with Crippen LogP contribution in [0.15, 0.2) is 0 Å². The van der Waals surface area contributed by atoms with E-state index in [1.807, 2.05) is 0 Å². The van der Waals surface area contributed by atoms with Crippen molar-refractivity contribution in [2.24, 2.45) is 5.92 Å². The second-order valence-corrected chi connectivity index (χ2v) is 5.46. The number of hydrogen-bond donors (Lipinski definition) is 1. The molecule has 0 aromatic rings. The van der Waals surface area contributed by atoms with Crippen LogP contribution in [0.1, 0.15) is 39.5 Å². The summed E-state index contributed by atoms with van der Waals surface area (Å²) in [7, 11) is 0. The highest BCUT2D eigenvalue weighted by Gasteiger charge is 2.41. The molecule has 1 heterocycles. The molecule has 3 nitrogen and oxygen atoms in total. The van der Waals surface area contributed by atoms with Crippen molar-refractivity contribution in [3.63, 3.8) is 0 Å². The van der Waals surface area contributed by atoms with Crippen LogP contribution in [0.3, 0.4) is 0 Å². The van der Waals surface area contributed by atoms with Gasteiger partial charge in [0.2, 0.25) is 0 Å². The van der Waals surface area contributed by atoms with E-state index in [9.17, 15) is 9.90 Å². The van der Waals surface area contributed by atoms with Crippen molar-refractivity contribution in [1.29, 1.82) is 0 Å². The number of likely N-dealkylation sites (tertiary alicyclic amines) is 1. The third-order valence-corrected chi connectivity index (χ3v) is 4.17. The van der Waals surface area contributed by atoms with Crippen molar-refractivity contribution in [3.05, 3.63) is 0 Å². The van der Waals surface area contributed by atoms with Gasteiger partial charge in [0.15, 0.2) is 0 Å². The van der Waals surface area contributed by atoms with Crippen molar-refractivity contribution >= 4 is 5.78 Å². The molecule has 0 aromatic carbocycles. The summed E-state index contributed by atoms with van der Waals surface area (Å²) in [5, 5.41) is 9.84. The fraction of sp³-hybridized carbons (Fsp3) is 0.917. The average molecular weight is 211 g/mol. The predicted molar refractivity (Wildman–Crippen MR) is 58.6 cm³/mol. The molecule has 2 aliphatic rings. The number of aliphatic hydroxyl groups is 1. The first-order chi connectivity index (χ1) is 7.01. The average Bonchev–Trinajstić information content (AvgIpc) is 2.66. The number of carbonyl (C=O) groups excluding carboxylic acids is 1. The molecule has 2 atom stereocenters. The van der Waals surface area contributed by atoms with Crippen LogP contribution in [0.5, 0.6) is 0 Å². The molecule has 1 aliphatic carbocycles. The van der Waals surface area contributed by atoms with Gasteiger partial charge in [-0.05, 0) is 33.1 Å². The Morgan fingerprint density at radius 2 is 2.20 bits per heavy atom. The summed E-state index contributed by atoms with van der Waals surface area (Å²) in [5.41, 5.74) is -0.150. The van der Waals surface area contributed by atoms with Gasteiger partial charge in [-0.3, -0.25) is 9.69 Å². The maximum atomic E-state index is 11.6. The molecule has 3 heteroatoms. The molecule has 2 fully saturated rings. The number of carbonyl (C=O) groups is 1. The van der Waals surface area contributed by atoms with Gasteiger partial charge < -0.3 is 5.11 Å². The van der Waals surface area contributed by atoms with Gasteiger partial charge in [0.05, 0.1) is 6.10 Å². The van der Waals surface area contributed by atoms with E-state index in [0.717, 1.165) is 38.8 Å². The molecule has 1 saturated heterocycles. The zero-order chi connectivity index (χ0) is 11.1. The Morgan fingerprint density at radius 3 is 2.67 bits per heavy atom. The van der Waals surface area contributed by atoms with Crippen LogP contribution in [0.2, 0.25) is 0 Å². The van der Waals surface area contributed by atoms with Gasteiger partial charge in [-0.2, -0.15) is 0 Å². The summed E-state index contributed by atoms with van der Waals surface area (Å²) in [6.45, 7) is 5.93. The molecular formula is C12H21NO2. The van der Waals surface area contributed by atoms with Crippen molar-refractivity contribution < 1.29 is 9.90 Å². The van der Waals surface area contributed by atoms with Crippen LogP contribution in [-0.2, 0) is 4.79 Å². The van der Waals surface area contributed by atoms with Crippen LogP contribution >= 0.6 is 0 Å². The van der Waals surface area contributed by atoms with Crippen molar-refractivity contribution in [1.82, 2.24) is 4.90 Å². The Kier molecular flexibility index (Phi) is 2.86. The lowest BCUT2D eigenvalue weighted by molar-refractivity contribution is -0.121. The van der Waals surface area contributed by atoms with Gasteiger partial charge in [-0.15, -0.1) is 0 Å². The summed E-state index contributed by atoms with van der Waals surface area (Å²) < 4.78 is 0. The van der Waals surface area contributed by atoms with Gasteiger partial charge in [0.1, 0.15) is 5.78 Å². The SMILES string of the molecule is CC1(C)C(O)CCN1CC1CCCC1=O. The van der Waals surface area contributed by atoms with Gasteiger partial charge in [-0.25, -0.2) is 0 Å². The summed E-state index contributed by atoms with van der Waals surface area (Å²) >= 11 is 0. The lowest BCUT2D eigenvalue weighted by atomic mass is 9.97. The minimum Gasteiger partial charge on any atom is -0.391 e. The molecule has 0 bridgehead atoms. The molecule has 0 spiro atoms. The number of ketones is 1. The molecule has 0 radical (unpaired) electrons. The predicted octanol–water partition coefficient (Wildman–Crippen LogP) is 1.20. The van der Waals surface area contributed by atoms with E-state index in [4.69, 9.17) is 0 Å². The fourth-order valence-electron chi connectivity index (χ4n) is 2.80. The van der Waals surface area contributed by atoms with E-state index in [0.29, 0.717) is 5.78 Å². The normalized spacial score (nSPS) is 36.3. The summed E-state index contributed by atoms with van der Waals surface area (Å²) in [6.07, 6.45) is 3.46. The standard InChI is InChI=1S/C12H21NO2/c1-12(2)11(15)6-7-13(12)8-9-4-3-5-10(9)14/h9,11,15H,3-8H2,1-2H3. The summed E-state index contributed by atoms with van der Waals surface area (Å²) in [5.74, 6) is 0.654. The fourth-order valence-corrected chi connectivity index (χ4v) is 2.80. The highest BCUT2D eigenvalue weighted by Crippen LogP contribution is 2.32. The molecule has 86 valence electrons. The molecule has 2 unspecified atom stereocenters. The van der Waals surface area contributed by atoms with Crippen molar-refractivity contribution in [2.45, 2.75) is 51.2 Å². The van der Waals surface area contributed by atoms with Gasteiger partial charge >= 0.3 is 0 Å². The second kappa shape index (κ2) is 3.87. The zero-order valence-electron chi connectivity index (χ0n) is 9.70. The molecule has 2 rings (SSSR count). The summed E-state index contributed by atoms with van der Waals surface area (Å²) in [6, 6.07) is 0. The Labute approximate surface area is 91.5 Å². The Morgan fingerprint density at radius 1 is 1.47 bits per heavy atom. The van der Waals surface area contributed by atoms with Gasteiger partial charge in [-0.1, -0.05) is 0 Å². The number of rotatable bonds is 2. The Balaban J connectivity index is 1.98. The molecule has 0 aromatic heterocycles. The van der Waals surface area contributed by atoms with E-state index < -0.39 is 0 Å². The smallest absolute Gasteiger partial charge is 0.137 e. The zero-order valence-corrected chi connectivity index (χ0v) is 9.70. The highest BCUT2D eigenvalue weighted by molar-refractivity contribution is 5.83. The van der Waals surface area contributed by atoms with E-state index in [2.05, 4.69) is 18.7 Å². The van der Waals surface area contributed by atoms with Gasteiger partial charge in [0, 0.05) is 31.0 Å². The first-order valence-corrected chi connectivity index (χ1v) is 5.97. The summed E-state index contributed by atoms with van der Waals surface area (Å²) in [4.78, 5) is 13.8. The number of Topliss-reactive ketones (excluding diaryl/α,β-unsaturated/α-hetero) is 1. The van der Waals surface area contributed by atoms with Crippen LogP contribution in [0.4, 0.5) is 0 Å². The van der Waals surface area contributed by atoms with E-state index in [1.54, 1.807) is 0 Å². The first kappa shape index (κ1) is 11.1. The number of hydrogen-bond acceptors (Lipinski definition) is 3. The second-order valence-electron chi connectivity index (χ2n) is 5.46. The lowest BCUT2D eigenvalue weighted by Gasteiger charge is -2.35. The molecule has 0 amide bonds. The molecule has 1 N–H and O–H groups in total. The van der Waals surface area contributed by atoms with Crippen LogP contribution in [0.25, 0.3) is 0 Å². The third kappa shape index (κ3) is 1.95. The number of nitrogens with zero attached hydrogens (tertiary/aromatic N) is 1. The molecule has 1 aliphatic heterocycles. The van der Waals surface area contributed by atoms with Crippen LogP contribution in [-0.4, -0.2) is 40.5 Å². The largest absolute Gasteiger partial charge is 0.391 e.